The van der Waals surface area contributed by atoms with Gasteiger partial charge in [0.2, 0.25) is 0 Å². The van der Waals surface area contributed by atoms with Crippen molar-refractivity contribution in [1.29, 1.82) is 0 Å². The van der Waals surface area contributed by atoms with Gasteiger partial charge >= 0.3 is 0 Å². The van der Waals surface area contributed by atoms with Crippen molar-refractivity contribution in [3.05, 3.63) is 16.6 Å². The molecule has 0 spiro atoms. The van der Waals surface area contributed by atoms with Crippen LogP contribution < -0.4 is 0 Å². The highest BCUT2D eigenvalue weighted by Gasteiger charge is 2.49. The van der Waals surface area contributed by atoms with Gasteiger partial charge in [-0.3, -0.25) is 0 Å². The van der Waals surface area contributed by atoms with Crippen molar-refractivity contribution in [3.63, 3.8) is 0 Å². The summed E-state index contributed by atoms with van der Waals surface area (Å²) in [4.78, 5) is 4.25. The Hall–Kier alpha value is -0.410. The minimum Gasteiger partial charge on any atom is -0.383 e. The van der Waals surface area contributed by atoms with Crippen molar-refractivity contribution in [1.82, 2.24) is 4.98 Å². The Morgan fingerprint density at radius 3 is 2.71 bits per heavy atom. The molecule has 2 atom stereocenters. The van der Waals surface area contributed by atoms with E-state index in [9.17, 15) is 5.11 Å². The van der Waals surface area contributed by atoms with Crippen molar-refractivity contribution < 1.29 is 5.11 Å². The van der Waals surface area contributed by atoms with Crippen LogP contribution in [0.15, 0.2) is 10.9 Å². The van der Waals surface area contributed by atoms with Gasteiger partial charge in [0.1, 0.15) is 5.60 Å². The molecule has 78 valence electrons. The summed E-state index contributed by atoms with van der Waals surface area (Å²) in [5.74, 6) is 0.305. The molecule has 0 bridgehead atoms. The Kier molecular flexibility index (Phi) is 2.20. The molecule has 0 radical (unpaired) electrons. The van der Waals surface area contributed by atoms with E-state index in [0.29, 0.717) is 5.92 Å². The normalized spacial score (nSPS) is 36.1. The average Bonchev–Trinajstić information content (AvgIpc) is 2.58. The molecule has 1 fully saturated rings. The van der Waals surface area contributed by atoms with E-state index in [-0.39, 0.29) is 5.41 Å². The highest BCUT2D eigenvalue weighted by atomic mass is 32.1. The molecule has 1 saturated carbocycles. The van der Waals surface area contributed by atoms with Crippen LogP contribution in [0.2, 0.25) is 0 Å². The summed E-state index contributed by atoms with van der Waals surface area (Å²) in [6.07, 6.45) is 1.89. The summed E-state index contributed by atoms with van der Waals surface area (Å²) in [6, 6.07) is 0. The molecule has 2 rings (SSSR count). The number of thiazole rings is 1. The van der Waals surface area contributed by atoms with Crippen molar-refractivity contribution >= 4 is 11.3 Å². The van der Waals surface area contributed by atoms with Crippen LogP contribution >= 0.6 is 11.3 Å². The van der Waals surface area contributed by atoms with Gasteiger partial charge in [-0.25, -0.2) is 4.98 Å². The monoisotopic (exact) mass is 211 g/mol. The van der Waals surface area contributed by atoms with E-state index in [1.54, 1.807) is 16.8 Å². The SMILES string of the molecule is CC1CC(C)(C)CC1(O)c1cscn1. The molecule has 1 aromatic rings. The molecule has 1 aliphatic rings. The zero-order chi connectivity index (χ0) is 10.4. The van der Waals surface area contributed by atoms with Gasteiger partial charge in [-0.15, -0.1) is 11.3 Å². The number of hydrogen-bond donors (Lipinski definition) is 1. The average molecular weight is 211 g/mol. The van der Waals surface area contributed by atoms with E-state index in [0.717, 1.165) is 18.5 Å². The fourth-order valence-electron chi connectivity index (χ4n) is 2.74. The third-order valence-electron chi connectivity index (χ3n) is 3.30. The Bertz CT molecular complexity index is 320. The number of nitrogens with zero attached hydrogens (tertiary/aromatic N) is 1. The second-order valence-corrected chi connectivity index (χ2v) is 5.96. The second-order valence-electron chi connectivity index (χ2n) is 5.24. The summed E-state index contributed by atoms with van der Waals surface area (Å²) in [5.41, 5.74) is 2.20. The summed E-state index contributed by atoms with van der Waals surface area (Å²) >= 11 is 1.56. The maximum Gasteiger partial charge on any atom is 0.110 e. The molecular formula is C11H17NOS. The minimum atomic E-state index is -0.691. The Morgan fingerprint density at radius 2 is 2.29 bits per heavy atom. The maximum atomic E-state index is 10.6. The topological polar surface area (TPSA) is 33.1 Å². The molecule has 0 aromatic carbocycles. The lowest BCUT2D eigenvalue weighted by Gasteiger charge is -2.26. The van der Waals surface area contributed by atoms with Gasteiger partial charge in [0, 0.05) is 5.38 Å². The number of aliphatic hydroxyl groups is 1. The standard InChI is InChI=1S/C11H17NOS/c1-8-4-10(2,3)6-11(8,13)9-5-14-7-12-9/h5,7-8,13H,4,6H2,1-3H3. The first-order chi connectivity index (χ1) is 6.44. The molecule has 3 heteroatoms. The first kappa shape index (κ1) is 10.1. The first-order valence-electron chi connectivity index (χ1n) is 5.05. The predicted molar refractivity (Wildman–Crippen MR) is 58.2 cm³/mol. The zero-order valence-electron chi connectivity index (χ0n) is 8.95. The van der Waals surface area contributed by atoms with Crippen LogP contribution in [0.4, 0.5) is 0 Å². The molecular weight excluding hydrogens is 194 g/mol. The lowest BCUT2D eigenvalue weighted by Crippen LogP contribution is -2.29. The molecule has 2 nitrogen and oxygen atoms in total. The lowest BCUT2D eigenvalue weighted by molar-refractivity contribution is -0.00442. The largest absolute Gasteiger partial charge is 0.383 e. The fraction of sp³-hybridized carbons (Fsp3) is 0.727. The molecule has 1 aliphatic carbocycles. The van der Waals surface area contributed by atoms with Gasteiger partial charge in [0.25, 0.3) is 0 Å². The number of hydrogen-bond acceptors (Lipinski definition) is 3. The Morgan fingerprint density at radius 1 is 1.57 bits per heavy atom. The van der Waals surface area contributed by atoms with Gasteiger partial charge in [-0.1, -0.05) is 20.8 Å². The molecule has 0 aliphatic heterocycles. The molecule has 1 heterocycles. The minimum absolute atomic E-state index is 0.234. The van der Waals surface area contributed by atoms with Crippen molar-refractivity contribution in [2.45, 2.75) is 39.2 Å². The van der Waals surface area contributed by atoms with E-state index in [1.165, 1.54) is 0 Å². The Labute approximate surface area is 89.0 Å². The third kappa shape index (κ3) is 1.48. The predicted octanol–water partition coefficient (Wildman–Crippen LogP) is 2.79. The van der Waals surface area contributed by atoms with Crippen LogP contribution in [0.1, 0.15) is 39.3 Å². The van der Waals surface area contributed by atoms with Crippen LogP contribution in [0.25, 0.3) is 0 Å². The van der Waals surface area contributed by atoms with Crippen molar-refractivity contribution in [3.8, 4) is 0 Å². The number of rotatable bonds is 1. The molecule has 1 aromatic heterocycles. The van der Waals surface area contributed by atoms with Crippen molar-refractivity contribution in [2.75, 3.05) is 0 Å². The number of aromatic nitrogens is 1. The van der Waals surface area contributed by atoms with Crippen LogP contribution in [0.5, 0.6) is 0 Å². The van der Waals surface area contributed by atoms with Crippen LogP contribution in [-0.2, 0) is 5.60 Å². The first-order valence-corrected chi connectivity index (χ1v) is 5.99. The summed E-state index contributed by atoms with van der Waals surface area (Å²) in [6.45, 7) is 6.55. The highest BCUT2D eigenvalue weighted by molar-refractivity contribution is 7.07. The summed E-state index contributed by atoms with van der Waals surface area (Å²) < 4.78 is 0. The van der Waals surface area contributed by atoms with Gasteiger partial charge in [-0.2, -0.15) is 0 Å². The van der Waals surface area contributed by atoms with E-state index >= 15 is 0 Å². The quantitative estimate of drug-likeness (QED) is 0.775. The second kappa shape index (κ2) is 3.04. The lowest BCUT2D eigenvalue weighted by atomic mass is 9.87. The van der Waals surface area contributed by atoms with Gasteiger partial charge in [0.15, 0.2) is 0 Å². The van der Waals surface area contributed by atoms with E-state index in [2.05, 4.69) is 25.8 Å². The molecule has 2 unspecified atom stereocenters. The maximum absolute atomic E-state index is 10.6. The van der Waals surface area contributed by atoms with Gasteiger partial charge in [0.05, 0.1) is 11.2 Å². The van der Waals surface area contributed by atoms with Gasteiger partial charge < -0.3 is 5.11 Å². The van der Waals surface area contributed by atoms with E-state index in [1.807, 2.05) is 5.38 Å². The van der Waals surface area contributed by atoms with Crippen molar-refractivity contribution in [2.24, 2.45) is 11.3 Å². The third-order valence-corrected chi connectivity index (χ3v) is 3.88. The molecule has 0 saturated heterocycles. The Balaban J connectivity index is 2.34. The van der Waals surface area contributed by atoms with Crippen LogP contribution in [0, 0.1) is 11.3 Å². The molecule has 1 N–H and O–H groups in total. The summed E-state index contributed by atoms with van der Waals surface area (Å²) in [7, 11) is 0. The molecule has 0 amide bonds. The molecule has 14 heavy (non-hydrogen) atoms. The van der Waals surface area contributed by atoms with E-state index in [4.69, 9.17) is 0 Å². The van der Waals surface area contributed by atoms with Crippen LogP contribution in [-0.4, -0.2) is 10.1 Å². The zero-order valence-corrected chi connectivity index (χ0v) is 9.77. The smallest absolute Gasteiger partial charge is 0.110 e. The summed E-state index contributed by atoms with van der Waals surface area (Å²) in [5, 5.41) is 12.6. The van der Waals surface area contributed by atoms with Gasteiger partial charge in [-0.05, 0) is 24.2 Å². The fourth-order valence-corrected chi connectivity index (χ4v) is 3.37. The van der Waals surface area contributed by atoms with Crippen LogP contribution in [0.3, 0.4) is 0 Å². The van der Waals surface area contributed by atoms with E-state index < -0.39 is 5.60 Å². The highest BCUT2D eigenvalue weighted by Crippen LogP contribution is 2.52.